The number of halogens is 1. The lowest BCUT2D eigenvalue weighted by Crippen LogP contribution is -2.23. The standard InChI is InChI=1S/C11H13BrN2O3/c1-17-11(16)14-9-4-2-8(3-5-9)7-13-10(15)6-12/h2-5H,6-7H2,1H3,(H,13,15)(H,14,16). The van der Waals surface area contributed by atoms with Gasteiger partial charge in [0.25, 0.3) is 0 Å². The smallest absolute Gasteiger partial charge is 0.411 e. The largest absolute Gasteiger partial charge is 0.453 e. The molecule has 0 aliphatic rings. The van der Waals surface area contributed by atoms with Gasteiger partial charge in [-0.05, 0) is 17.7 Å². The lowest BCUT2D eigenvalue weighted by atomic mass is 10.2. The molecular weight excluding hydrogens is 288 g/mol. The lowest BCUT2D eigenvalue weighted by Gasteiger charge is -2.06. The zero-order valence-corrected chi connectivity index (χ0v) is 10.9. The first-order chi connectivity index (χ1) is 8.15. The van der Waals surface area contributed by atoms with Gasteiger partial charge in [-0.3, -0.25) is 10.1 Å². The molecule has 1 aromatic carbocycles. The minimum absolute atomic E-state index is 0.0678. The van der Waals surface area contributed by atoms with Crippen molar-refractivity contribution in [2.24, 2.45) is 0 Å². The van der Waals surface area contributed by atoms with Gasteiger partial charge in [0.05, 0.1) is 12.4 Å². The summed E-state index contributed by atoms with van der Waals surface area (Å²) in [6.45, 7) is 0.461. The predicted molar refractivity (Wildman–Crippen MR) is 68.1 cm³/mol. The molecule has 0 radical (unpaired) electrons. The number of anilines is 1. The molecule has 0 aliphatic heterocycles. The van der Waals surface area contributed by atoms with Crippen LogP contribution in [0.15, 0.2) is 24.3 Å². The number of methoxy groups -OCH3 is 1. The van der Waals surface area contributed by atoms with Gasteiger partial charge in [0.15, 0.2) is 0 Å². The van der Waals surface area contributed by atoms with Crippen molar-refractivity contribution in [3.63, 3.8) is 0 Å². The Balaban J connectivity index is 2.50. The van der Waals surface area contributed by atoms with Crippen LogP contribution in [0.1, 0.15) is 5.56 Å². The van der Waals surface area contributed by atoms with E-state index in [1.807, 2.05) is 12.1 Å². The molecule has 0 bridgehead atoms. The first-order valence-electron chi connectivity index (χ1n) is 4.92. The number of nitrogens with one attached hydrogen (secondary N) is 2. The minimum Gasteiger partial charge on any atom is -0.453 e. The molecule has 1 rings (SSSR count). The van der Waals surface area contributed by atoms with E-state index in [0.717, 1.165) is 5.56 Å². The number of hydrogen-bond acceptors (Lipinski definition) is 3. The molecule has 92 valence electrons. The minimum atomic E-state index is -0.509. The average molecular weight is 301 g/mol. The Labute approximate surface area is 108 Å². The van der Waals surface area contributed by atoms with E-state index in [0.29, 0.717) is 12.2 Å². The molecule has 2 N–H and O–H groups in total. The van der Waals surface area contributed by atoms with Gasteiger partial charge in [0.2, 0.25) is 5.91 Å². The van der Waals surface area contributed by atoms with Gasteiger partial charge in [0, 0.05) is 12.2 Å². The Bertz CT molecular complexity index is 392. The summed E-state index contributed by atoms with van der Waals surface area (Å²) in [7, 11) is 1.31. The Morgan fingerprint density at radius 1 is 1.29 bits per heavy atom. The van der Waals surface area contributed by atoms with Crippen molar-refractivity contribution in [3.8, 4) is 0 Å². The monoisotopic (exact) mass is 300 g/mol. The number of benzene rings is 1. The maximum absolute atomic E-state index is 11.0. The van der Waals surface area contributed by atoms with Crippen molar-refractivity contribution in [2.75, 3.05) is 17.8 Å². The summed E-state index contributed by atoms with van der Waals surface area (Å²) in [6.07, 6.45) is -0.509. The zero-order chi connectivity index (χ0) is 12.7. The van der Waals surface area contributed by atoms with Crippen LogP contribution >= 0.6 is 15.9 Å². The van der Waals surface area contributed by atoms with Crippen LogP contribution in [-0.2, 0) is 16.1 Å². The van der Waals surface area contributed by atoms with Crippen LogP contribution in [0.25, 0.3) is 0 Å². The van der Waals surface area contributed by atoms with Crippen molar-refractivity contribution >= 4 is 33.6 Å². The number of amides is 2. The van der Waals surface area contributed by atoms with Crippen LogP contribution in [-0.4, -0.2) is 24.4 Å². The van der Waals surface area contributed by atoms with E-state index < -0.39 is 6.09 Å². The summed E-state index contributed by atoms with van der Waals surface area (Å²) in [6, 6.07) is 7.12. The molecule has 0 saturated heterocycles. The second-order valence-corrected chi connectivity index (χ2v) is 3.78. The third-order valence-electron chi connectivity index (χ3n) is 2.00. The van der Waals surface area contributed by atoms with Crippen LogP contribution in [0.5, 0.6) is 0 Å². The molecule has 1 aromatic rings. The van der Waals surface area contributed by atoms with Crippen LogP contribution in [0.2, 0.25) is 0 Å². The number of carbonyl (C=O) groups excluding carboxylic acids is 2. The van der Waals surface area contributed by atoms with Crippen LogP contribution in [0, 0.1) is 0 Å². The molecule has 6 heteroatoms. The van der Waals surface area contributed by atoms with Gasteiger partial charge in [0.1, 0.15) is 0 Å². The molecule has 2 amide bonds. The fraction of sp³-hybridized carbons (Fsp3) is 0.273. The number of alkyl halides is 1. The molecular formula is C11H13BrN2O3. The molecule has 0 atom stereocenters. The lowest BCUT2D eigenvalue weighted by molar-refractivity contribution is -0.118. The third-order valence-corrected chi connectivity index (χ3v) is 2.51. The van der Waals surface area contributed by atoms with E-state index in [9.17, 15) is 9.59 Å². The van der Waals surface area contributed by atoms with E-state index >= 15 is 0 Å². The van der Waals surface area contributed by atoms with Crippen molar-refractivity contribution in [1.82, 2.24) is 5.32 Å². The SMILES string of the molecule is COC(=O)Nc1ccc(CNC(=O)CBr)cc1. The maximum Gasteiger partial charge on any atom is 0.411 e. The number of rotatable bonds is 4. The van der Waals surface area contributed by atoms with Gasteiger partial charge in [-0.25, -0.2) is 4.79 Å². The topological polar surface area (TPSA) is 67.4 Å². The van der Waals surface area contributed by atoms with Gasteiger partial charge < -0.3 is 10.1 Å². The quantitative estimate of drug-likeness (QED) is 0.834. The van der Waals surface area contributed by atoms with Crippen LogP contribution < -0.4 is 10.6 Å². The summed E-state index contributed by atoms with van der Waals surface area (Å²) in [4.78, 5) is 21.9. The van der Waals surface area contributed by atoms with E-state index in [2.05, 4.69) is 31.3 Å². The Morgan fingerprint density at radius 2 is 1.94 bits per heavy atom. The van der Waals surface area contributed by atoms with Crippen molar-refractivity contribution < 1.29 is 14.3 Å². The van der Waals surface area contributed by atoms with Crippen molar-refractivity contribution in [1.29, 1.82) is 0 Å². The van der Waals surface area contributed by atoms with Crippen LogP contribution in [0.4, 0.5) is 10.5 Å². The summed E-state index contributed by atoms with van der Waals surface area (Å²) in [5.74, 6) is -0.0678. The molecule has 5 nitrogen and oxygen atoms in total. The summed E-state index contributed by atoms with van der Waals surface area (Å²) < 4.78 is 4.47. The Hall–Kier alpha value is -1.56. The molecule has 0 heterocycles. The van der Waals surface area contributed by atoms with Crippen LogP contribution in [0.3, 0.4) is 0 Å². The first kappa shape index (κ1) is 13.5. The van der Waals surface area contributed by atoms with Crippen molar-refractivity contribution in [2.45, 2.75) is 6.54 Å². The van der Waals surface area contributed by atoms with Gasteiger partial charge in [-0.15, -0.1) is 0 Å². The predicted octanol–water partition coefficient (Wildman–Crippen LogP) is 1.88. The maximum atomic E-state index is 11.0. The molecule has 0 saturated carbocycles. The van der Waals surface area contributed by atoms with Gasteiger partial charge in [-0.1, -0.05) is 28.1 Å². The van der Waals surface area contributed by atoms with E-state index in [4.69, 9.17) is 0 Å². The fourth-order valence-electron chi connectivity index (χ4n) is 1.12. The highest BCUT2D eigenvalue weighted by Gasteiger charge is 2.01. The molecule has 0 aliphatic carbocycles. The van der Waals surface area contributed by atoms with Crippen molar-refractivity contribution in [3.05, 3.63) is 29.8 Å². The Morgan fingerprint density at radius 3 is 2.47 bits per heavy atom. The fourth-order valence-corrected chi connectivity index (χ4v) is 1.32. The number of carbonyl (C=O) groups is 2. The summed E-state index contributed by atoms with van der Waals surface area (Å²) in [5.41, 5.74) is 1.60. The number of ether oxygens (including phenoxy) is 1. The number of hydrogen-bond donors (Lipinski definition) is 2. The molecule has 0 aromatic heterocycles. The highest BCUT2D eigenvalue weighted by atomic mass is 79.9. The molecule has 0 unspecified atom stereocenters. The van der Waals surface area contributed by atoms with Gasteiger partial charge in [-0.2, -0.15) is 0 Å². The summed E-state index contributed by atoms with van der Waals surface area (Å²) >= 11 is 3.06. The summed E-state index contributed by atoms with van der Waals surface area (Å²) in [5, 5.41) is 5.55. The van der Waals surface area contributed by atoms with Gasteiger partial charge >= 0.3 is 6.09 Å². The molecule has 0 spiro atoms. The van der Waals surface area contributed by atoms with E-state index in [1.165, 1.54) is 7.11 Å². The highest BCUT2D eigenvalue weighted by Crippen LogP contribution is 2.09. The van der Waals surface area contributed by atoms with E-state index in [-0.39, 0.29) is 11.2 Å². The average Bonchev–Trinajstić information content (AvgIpc) is 2.37. The zero-order valence-electron chi connectivity index (χ0n) is 9.33. The Kier molecular flexibility index (Phi) is 5.48. The second-order valence-electron chi connectivity index (χ2n) is 3.22. The highest BCUT2D eigenvalue weighted by molar-refractivity contribution is 9.09. The van der Waals surface area contributed by atoms with E-state index in [1.54, 1.807) is 12.1 Å². The third kappa shape index (κ3) is 4.86. The molecule has 17 heavy (non-hydrogen) atoms. The second kappa shape index (κ2) is 6.90. The molecule has 0 fully saturated rings. The first-order valence-corrected chi connectivity index (χ1v) is 6.04. The normalized spacial score (nSPS) is 9.53.